The zero-order chi connectivity index (χ0) is 18.1. The van der Waals surface area contributed by atoms with E-state index in [1.807, 2.05) is 25.1 Å². The molecule has 0 bridgehead atoms. The molecular formula is C20H29ClN3O2+. The number of carbonyl (C=O) groups is 1. The van der Waals surface area contributed by atoms with Crippen molar-refractivity contribution in [1.82, 2.24) is 4.90 Å². The molecule has 3 aliphatic rings. The van der Waals surface area contributed by atoms with Gasteiger partial charge >= 0.3 is 6.09 Å². The first-order chi connectivity index (χ1) is 12.6. The lowest BCUT2D eigenvalue weighted by molar-refractivity contribution is -0.857. The Morgan fingerprint density at radius 3 is 2.77 bits per heavy atom. The topological polar surface area (TPSA) is 32.8 Å². The summed E-state index contributed by atoms with van der Waals surface area (Å²) in [6.45, 7) is 8.32. The summed E-state index contributed by atoms with van der Waals surface area (Å²) in [6.07, 6.45) is 3.45. The molecule has 3 unspecified atom stereocenters. The van der Waals surface area contributed by atoms with E-state index in [9.17, 15) is 4.79 Å². The van der Waals surface area contributed by atoms with Crippen molar-refractivity contribution in [2.75, 3.05) is 50.8 Å². The number of hydrogen-bond acceptors (Lipinski definition) is 4. The van der Waals surface area contributed by atoms with Gasteiger partial charge in [0, 0.05) is 45.4 Å². The van der Waals surface area contributed by atoms with Gasteiger partial charge in [0.15, 0.2) is 0 Å². The van der Waals surface area contributed by atoms with Crippen LogP contribution in [0.2, 0.25) is 5.02 Å². The number of carbonyl (C=O) groups excluding carboxylic acids is 1. The molecule has 3 aliphatic heterocycles. The van der Waals surface area contributed by atoms with Crippen molar-refractivity contribution < 1.29 is 14.0 Å². The summed E-state index contributed by atoms with van der Waals surface area (Å²) in [5.74, 6) is 0. The lowest BCUT2D eigenvalue weighted by Crippen LogP contribution is -2.56. The van der Waals surface area contributed by atoms with E-state index in [1.165, 1.54) is 0 Å². The summed E-state index contributed by atoms with van der Waals surface area (Å²) in [6, 6.07) is 9.05. The molecule has 0 radical (unpaired) electrons. The summed E-state index contributed by atoms with van der Waals surface area (Å²) in [4.78, 5) is 17.6. The fourth-order valence-electron chi connectivity index (χ4n) is 5.23. The Morgan fingerprint density at radius 1 is 1.27 bits per heavy atom. The van der Waals surface area contributed by atoms with Crippen LogP contribution in [0.15, 0.2) is 24.3 Å². The Labute approximate surface area is 161 Å². The smallest absolute Gasteiger partial charge is 0.420 e. The van der Waals surface area contributed by atoms with Crippen LogP contribution in [-0.4, -0.2) is 73.4 Å². The molecule has 142 valence electrons. The third kappa shape index (κ3) is 3.10. The molecule has 0 spiro atoms. The minimum absolute atomic E-state index is 0.00667. The van der Waals surface area contributed by atoms with Gasteiger partial charge in [-0.1, -0.05) is 23.7 Å². The number of ether oxygens (including phenoxy) is 1. The molecule has 0 aliphatic carbocycles. The summed E-state index contributed by atoms with van der Waals surface area (Å²) < 4.78 is 6.02. The lowest BCUT2D eigenvalue weighted by Gasteiger charge is -2.39. The van der Waals surface area contributed by atoms with Crippen LogP contribution in [0.3, 0.4) is 0 Å². The Hall–Kier alpha value is -1.30. The fraction of sp³-hybridized carbons (Fsp3) is 0.650. The van der Waals surface area contributed by atoms with Gasteiger partial charge in [-0.3, -0.25) is 4.90 Å². The number of para-hydroxylation sites is 1. The second kappa shape index (κ2) is 7.37. The highest BCUT2D eigenvalue weighted by molar-refractivity contribution is 6.33. The maximum atomic E-state index is 12.7. The number of amides is 1. The van der Waals surface area contributed by atoms with Crippen molar-refractivity contribution in [2.45, 2.75) is 38.3 Å². The van der Waals surface area contributed by atoms with Gasteiger partial charge < -0.3 is 9.64 Å². The molecule has 0 saturated carbocycles. The van der Waals surface area contributed by atoms with E-state index in [0.29, 0.717) is 23.2 Å². The van der Waals surface area contributed by atoms with E-state index >= 15 is 0 Å². The van der Waals surface area contributed by atoms with Gasteiger partial charge in [0.2, 0.25) is 0 Å². The molecule has 3 heterocycles. The monoisotopic (exact) mass is 378 g/mol. The number of rotatable bonds is 3. The van der Waals surface area contributed by atoms with Crippen molar-refractivity contribution in [1.29, 1.82) is 0 Å². The van der Waals surface area contributed by atoms with Gasteiger partial charge in [-0.25, -0.2) is 4.48 Å². The Morgan fingerprint density at radius 2 is 2.04 bits per heavy atom. The summed E-state index contributed by atoms with van der Waals surface area (Å²) >= 11 is 6.36. The van der Waals surface area contributed by atoms with E-state index in [0.717, 1.165) is 69.2 Å². The molecule has 4 rings (SSSR count). The molecule has 3 atom stereocenters. The minimum Gasteiger partial charge on any atom is -0.420 e. The zero-order valence-electron chi connectivity index (χ0n) is 15.6. The van der Waals surface area contributed by atoms with Crippen LogP contribution in [0.1, 0.15) is 26.2 Å². The molecule has 1 aromatic carbocycles. The number of quaternary nitrogens is 1. The fourth-order valence-corrected chi connectivity index (χ4v) is 5.49. The summed E-state index contributed by atoms with van der Waals surface area (Å²) in [7, 11) is 0. The SMILES string of the molecule is CCOC(=O)[N+]12CCCC1CC(N1CCN(c3ccccc3Cl)CC1)C2. The van der Waals surface area contributed by atoms with Gasteiger partial charge in [0.25, 0.3) is 0 Å². The number of fused-ring (bicyclic) bond motifs is 1. The molecule has 6 heteroatoms. The molecule has 3 saturated heterocycles. The second-order valence-electron chi connectivity index (χ2n) is 7.80. The quantitative estimate of drug-likeness (QED) is 0.755. The predicted molar refractivity (Wildman–Crippen MR) is 104 cm³/mol. The van der Waals surface area contributed by atoms with Crippen LogP contribution >= 0.6 is 11.6 Å². The Kier molecular flexibility index (Phi) is 5.13. The van der Waals surface area contributed by atoms with E-state index < -0.39 is 0 Å². The number of benzene rings is 1. The minimum atomic E-state index is 0.00667. The zero-order valence-corrected chi connectivity index (χ0v) is 16.3. The molecule has 5 nitrogen and oxygen atoms in total. The summed E-state index contributed by atoms with van der Waals surface area (Å²) in [5, 5.41) is 0.828. The third-order valence-electron chi connectivity index (χ3n) is 6.53. The number of hydrogen-bond donors (Lipinski definition) is 0. The average molecular weight is 379 g/mol. The normalized spacial score (nSPS) is 31.8. The van der Waals surface area contributed by atoms with Crippen molar-refractivity contribution in [3.63, 3.8) is 0 Å². The van der Waals surface area contributed by atoms with Crippen LogP contribution in [0.4, 0.5) is 10.5 Å². The molecule has 0 N–H and O–H groups in total. The van der Waals surface area contributed by atoms with Crippen LogP contribution in [0, 0.1) is 0 Å². The number of nitrogens with zero attached hydrogens (tertiary/aromatic N) is 3. The van der Waals surface area contributed by atoms with Gasteiger partial charge in [0.1, 0.15) is 12.6 Å². The van der Waals surface area contributed by atoms with Crippen LogP contribution in [-0.2, 0) is 4.74 Å². The van der Waals surface area contributed by atoms with Gasteiger partial charge in [-0.15, -0.1) is 0 Å². The highest BCUT2D eigenvalue weighted by Crippen LogP contribution is 2.39. The Balaban J connectivity index is 1.40. The highest BCUT2D eigenvalue weighted by Gasteiger charge is 2.57. The first kappa shape index (κ1) is 18.1. The van der Waals surface area contributed by atoms with Crippen molar-refractivity contribution in [3.8, 4) is 0 Å². The van der Waals surface area contributed by atoms with Crippen molar-refractivity contribution in [3.05, 3.63) is 29.3 Å². The predicted octanol–water partition coefficient (Wildman–Crippen LogP) is 3.37. The van der Waals surface area contributed by atoms with Gasteiger partial charge in [-0.2, -0.15) is 4.79 Å². The molecule has 26 heavy (non-hydrogen) atoms. The largest absolute Gasteiger partial charge is 0.516 e. The molecule has 1 amide bonds. The molecule has 3 fully saturated rings. The van der Waals surface area contributed by atoms with E-state index in [2.05, 4.69) is 15.9 Å². The molecule has 1 aromatic rings. The molecular weight excluding hydrogens is 350 g/mol. The van der Waals surface area contributed by atoms with Crippen LogP contribution in [0.5, 0.6) is 0 Å². The first-order valence-electron chi connectivity index (χ1n) is 9.91. The maximum absolute atomic E-state index is 12.7. The van der Waals surface area contributed by atoms with Crippen molar-refractivity contribution in [2.24, 2.45) is 0 Å². The first-order valence-corrected chi connectivity index (χ1v) is 10.3. The van der Waals surface area contributed by atoms with Crippen molar-refractivity contribution >= 4 is 23.4 Å². The van der Waals surface area contributed by atoms with E-state index in [-0.39, 0.29) is 6.09 Å². The standard InChI is InChI=1S/C20H29ClN3O2/c1-2-26-20(25)24-13-5-6-17(24)14-16(15-24)22-9-11-23(12-10-22)19-8-4-3-7-18(19)21/h3-4,7-8,16-17H,2,5-6,9-15H2,1H3/q+1. The lowest BCUT2D eigenvalue weighted by atomic mass is 10.1. The number of anilines is 1. The van der Waals surface area contributed by atoms with E-state index in [1.54, 1.807) is 0 Å². The summed E-state index contributed by atoms with van der Waals surface area (Å²) in [5.41, 5.74) is 1.14. The number of piperazine rings is 1. The Bertz CT molecular complexity index is 662. The average Bonchev–Trinajstić information content (AvgIpc) is 3.21. The number of halogens is 1. The van der Waals surface area contributed by atoms with Gasteiger partial charge in [-0.05, 0) is 19.1 Å². The molecule has 0 aromatic heterocycles. The highest BCUT2D eigenvalue weighted by atomic mass is 35.5. The van der Waals surface area contributed by atoms with Gasteiger partial charge in [0.05, 0.1) is 29.9 Å². The van der Waals surface area contributed by atoms with Crippen LogP contribution in [0.25, 0.3) is 0 Å². The third-order valence-corrected chi connectivity index (χ3v) is 6.85. The van der Waals surface area contributed by atoms with Crippen LogP contribution < -0.4 is 4.90 Å². The second-order valence-corrected chi connectivity index (χ2v) is 8.21. The van der Waals surface area contributed by atoms with E-state index in [4.69, 9.17) is 16.3 Å². The maximum Gasteiger partial charge on any atom is 0.516 e.